The van der Waals surface area contributed by atoms with Gasteiger partial charge in [0.25, 0.3) is 0 Å². The molecule has 6 nitrogen and oxygen atoms in total. The Morgan fingerprint density at radius 3 is 2.03 bits per heavy atom. The number of ether oxygens (including phenoxy) is 2. The molecule has 166 valence electrons. The van der Waals surface area contributed by atoms with Crippen LogP contribution in [0.5, 0.6) is 11.5 Å². The molecule has 3 rings (SSSR count). The van der Waals surface area contributed by atoms with E-state index in [0.29, 0.717) is 30.2 Å². The molecule has 0 spiro atoms. The zero-order valence-corrected chi connectivity index (χ0v) is 18.1. The highest BCUT2D eigenvalue weighted by molar-refractivity contribution is 5.78. The van der Waals surface area contributed by atoms with E-state index in [1.54, 1.807) is 30.1 Å². The highest BCUT2D eigenvalue weighted by Gasteiger charge is 2.13. The van der Waals surface area contributed by atoms with Crippen LogP contribution in [0.25, 0.3) is 0 Å². The van der Waals surface area contributed by atoms with E-state index in [1.807, 2.05) is 60.7 Å². The number of hydrogen-bond acceptors (Lipinski definition) is 4. The van der Waals surface area contributed by atoms with Crippen molar-refractivity contribution in [2.24, 2.45) is 0 Å². The number of carbonyl (C=O) groups excluding carboxylic acids is 1. The molecule has 1 amide bonds. The van der Waals surface area contributed by atoms with Crippen LogP contribution in [0.2, 0.25) is 0 Å². The minimum atomic E-state index is -1.07. The maximum atomic E-state index is 12.8. The van der Waals surface area contributed by atoms with Crippen molar-refractivity contribution in [1.29, 1.82) is 0 Å². The summed E-state index contributed by atoms with van der Waals surface area (Å²) in [6.45, 7) is 0.496. The van der Waals surface area contributed by atoms with Crippen LogP contribution < -0.4 is 9.47 Å². The van der Waals surface area contributed by atoms with E-state index in [2.05, 4.69) is 0 Å². The van der Waals surface area contributed by atoms with Gasteiger partial charge < -0.3 is 19.5 Å². The van der Waals surface area contributed by atoms with Crippen LogP contribution in [0.15, 0.2) is 78.9 Å². The van der Waals surface area contributed by atoms with E-state index in [-0.39, 0.29) is 12.3 Å². The molecule has 0 bridgehead atoms. The van der Waals surface area contributed by atoms with Gasteiger partial charge in [-0.3, -0.25) is 4.79 Å². The topological polar surface area (TPSA) is 76.1 Å². The summed E-state index contributed by atoms with van der Waals surface area (Å²) in [5.74, 6) is -0.233. The van der Waals surface area contributed by atoms with Gasteiger partial charge in [-0.2, -0.15) is 0 Å². The number of rotatable bonds is 11. The fourth-order valence-corrected chi connectivity index (χ4v) is 3.16. The van der Waals surface area contributed by atoms with Gasteiger partial charge >= 0.3 is 5.97 Å². The van der Waals surface area contributed by atoms with E-state index >= 15 is 0 Å². The van der Waals surface area contributed by atoms with Crippen molar-refractivity contribution < 1.29 is 24.2 Å². The van der Waals surface area contributed by atoms with E-state index in [1.165, 1.54) is 5.56 Å². The molecule has 0 aliphatic heterocycles. The molecule has 0 unspecified atom stereocenters. The van der Waals surface area contributed by atoms with Crippen LogP contribution in [0.1, 0.15) is 16.7 Å². The van der Waals surface area contributed by atoms with Crippen molar-refractivity contribution in [3.8, 4) is 11.5 Å². The lowest BCUT2D eigenvalue weighted by Crippen LogP contribution is -2.30. The summed E-state index contributed by atoms with van der Waals surface area (Å²) in [4.78, 5) is 25.3. The predicted molar refractivity (Wildman–Crippen MR) is 122 cm³/mol. The first-order valence-corrected chi connectivity index (χ1v) is 10.4. The number of aliphatic carboxylic acids is 1. The Bertz CT molecular complexity index is 1020. The fourth-order valence-electron chi connectivity index (χ4n) is 3.16. The third-order valence-corrected chi connectivity index (χ3v) is 4.91. The van der Waals surface area contributed by atoms with Gasteiger partial charge in [0.1, 0.15) is 18.1 Å². The van der Waals surface area contributed by atoms with Crippen molar-refractivity contribution in [2.45, 2.75) is 19.4 Å². The largest absolute Gasteiger partial charge is 0.489 e. The van der Waals surface area contributed by atoms with Gasteiger partial charge in [0, 0.05) is 19.7 Å². The molecule has 0 atom stereocenters. The number of nitrogens with zero attached hydrogens (tertiary/aromatic N) is 1. The number of benzene rings is 3. The van der Waals surface area contributed by atoms with Crippen LogP contribution in [-0.2, 0) is 29.0 Å². The quantitative estimate of drug-likeness (QED) is 0.495. The standard InChI is InChI=1S/C26H27NO5/c1-27(13-12-20-8-4-2-5-9-20)25(28)16-22-14-23(17-24(15-22)32-19-26(29)30)31-18-21-10-6-3-7-11-21/h2-11,14-15,17H,12-13,16,18-19H2,1H3,(H,29,30). The van der Waals surface area contributed by atoms with Crippen LogP contribution in [-0.4, -0.2) is 42.1 Å². The number of carboxylic acids is 1. The highest BCUT2D eigenvalue weighted by atomic mass is 16.5. The van der Waals surface area contributed by atoms with Gasteiger partial charge in [-0.05, 0) is 35.2 Å². The molecule has 0 saturated heterocycles. The summed E-state index contributed by atoms with van der Waals surface area (Å²) < 4.78 is 11.2. The number of hydrogen-bond donors (Lipinski definition) is 1. The van der Waals surface area contributed by atoms with Crippen molar-refractivity contribution in [3.63, 3.8) is 0 Å². The number of carboxylic acid groups (broad SMARTS) is 1. The van der Waals surface area contributed by atoms with Gasteiger partial charge in [0.2, 0.25) is 5.91 Å². The molecule has 0 saturated carbocycles. The third-order valence-electron chi connectivity index (χ3n) is 4.91. The highest BCUT2D eigenvalue weighted by Crippen LogP contribution is 2.25. The first-order chi connectivity index (χ1) is 15.5. The molecule has 0 heterocycles. The molecule has 32 heavy (non-hydrogen) atoms. The Morgan fingerprint density at radius 1 is 0.812 bits per heavy atom. The second-order valence-corrected chi connectivity index (χ2v) is 7.50. The predicted octanol–water partition coefficient (Wildman–Crippen LogP) is 3.97. The van der Waals surface area contributed by atoms with E-state index in [9.17, 15) is 9.59 Å². The monoisotopic (exact) mass is 433 g/mol. The summed E-state index contributed by atoms with van der Waals surface area (Å²) in [5.41, 5.74) is 2.88. The molecular formula is C26H27NO5. The molecule has 0 radical (unpaired) electrons. The maximum Gasteiger partial charge on any atom is 0.341 e. The lowest BCUT2D eigenvalue weighted by Gasteiger charge is -2.18. The van der Waals surface area contributed by atoms with Crippen molar-refractivity contribution in [1.82, 2.24) is 4.90 Å². The van der Waals surface area contributed by atoms with Gasteiger partial charge in [0.05, 0.1) is 6.42 Å². The van der Waals surface area contributed by atoms with Crippen LogP contribution in [0, 0.1) is 0 Å². The molecule has 0 aliphatic carbocycles. The third kappa shape index (κ3) is 7.47. The Hall–Kier alpha value is -3.80. The first kappa shape index (κ1) is 22.9. The Labute approximate surface area is 188 Å². The smallest absolute Gasteiger partial charge is 0.341 e. The fraction of sp³-hybridized carbons (Fsp3) is 0.231. The summed E-state index contributed by atoms with van der Waals surface area (Å²) in [6, 6.07) is 24.8. The molecule has 0 aliphatic rings. The van der Waals surface area contributed by atoms with Gasteiger partial charge in [-0.25, -0.2) is 4.79 Å². The summed E-state index contributed by atoms with van der Waals surface area (Å²) in [5, 5.41) is 8.92. The Morgan fingerprint density at radius 2 is 1.41 bits per heavy atom. The Kier molecular flexibility index (Phi) is 8.26. The van der Waals surface area contributed by atoms with Gasteiger partial charge in [-0.1, -0.05) is 60.7 Å². The zero-order chi connectivity index (χ0) is 22.8. The molecule has 3 aromatic carbocycles. The molecule has 3 aromatic rings. The van der Waals surface area contributed by atoms with Crippen LogP contribution >= 0.6 is 0 Å². The first-order valence-electron chi connectivity index (χ1n) is 10.4. The van der Waals surface area contributed by atoms with E-state index in [4.69, 9.17) is 14.6 Å². The second kappa shape index (κ2) is 11.6. The van der Waals surface area contributed by atoms with Gasteiger partial charge in [0.15, 0.2) is 6.61 Å². The van der Waals surface area contributed by atoms with Crippen molar-refractivity contribution >= 4 is 11.9 Å². The average Bonchev–Trinajstić information content (AvgIpc) is 2.81. The summed E-state index contributed by atoms with van der Waals surface area (Å²) in [6.07, 6.45) is 0.938. The summed E-state index contributed by atoms with van der Waals surface area (Å²) >= 11 is 0. The minimum Gasteiger partial charge on any atom is -0.489 e. The number of amides is 1. The van der Waals surface area contributed by atoms with Crippen LogP contribution in [0.4, 0.5) is 0 Å². The summed E-state index contributed by atoms with van der Waals surface area (Å²) in [7, 11) is 1.78. The number of carbonyl (C=O) groups is 2. The van der Waals surface area contributed by atoms with Crippen molar-refractivity contribution in [3.05, 3.63) is 95.6 Å². The lowest BCUT2D eigenvalue weighted by atomic mass is 10.1. The molecular weight excluding hydrogens is 406 g/mol. The van der Waals surface area contributed by atoms with Crippen molar-refractivity contribution in [2.75, 3.05) is 20.2 Å². The van der Waals surface area contributed by atoms with E-state index < -0.39 is 12.6 Å². The van der Waals surface area contributed by atoms with Gasteiger partial charge in [-0.15, -0.1) is 0 Å². The second-order valence-electron chi connectivity index (χ2n) is 7.50. The minimum absolute atomic E-state index is 0.0367. The van der Waals surface area contributed by atoms with Crippen LogP contribution in [0.3, 0.4) is 0 Å². The average molecular weight is 434 g/mol. The SMILES string of the molecule is CN(CCc1ccccc1)C(=O)Cc1cc(OCC(=O)O)cc(OCc2ccccc2)c1. The van der Waals surface area contributed by atoms with E-state index in [0.717, 1.165) is 12.0 Å². The Balaban J connectivity index is 1.66. The number of likely N-dealkylation sites (N-methyl/N-ethyl adjacent to an activating group) is 1. The molecule has 0 fully saturated rings. The maximum absolute atomic E-state index is 12.8. The lowest BCUT2D eigenvalue weighted by molar-refractivity contribution is -0.139. The molecule has 1 N–H and O–H groups in total. The molecule has 0 aromatic heterocycles. The zero-order valence-electron chi connectivity index (χ0n) is 18.1. The molecule has 6 heteroatoms. The normalized spacial score (nSPS) is 10.4.